The maximum Gasteiger partial charge on any atom is 0.161 e. The van der Waals surface area contributed by atoms with Gasteiger partial charge in [0.1, 0.15) is 13.2 Å². The molecule has 2 aromatic carbocycles. The zero-order chi connectivity index (χ0) is 15.5. The van der Waals surface area contributed by atoms with E-state index in [2.05, 4.69) is 41.3 Å². The van der Waals surface area contributed by atoms with Crippen LogP contribution >= 0.6 is 0 Å². The summed E-state index contributed by atoms with van der Waals surface area (Å²) in [4.78, 5) is 2.44. The van der Waals surface area contributed by atoms with E-state index in [1.54, 1.807) is 0 Å². The van der Waals surface area contributed by atoms with Crippen molar-refractivity contribution in [2.75, 3.05) is 32.9 Å². The van der Waals surface area contributed by atoms with E-state index in [0.29, 0.717) is 13.2 Å². The second-order valence-electron chi connectivity index (χ2n) is 5.98. The summed E-state index contributed by atoms with van der Waals surface area (Å²) in [6.07, 6.45) is 0.155. The molecule has 2 aliphatic rings. The van der Waals surface area contributed by atoms with Crippen LogP contribution in [0.5, 0.6) is 11.5 Å². The van der Waals surface area contributed by atoms with E-state index in [1.165, 1.54) is 11.1 Å². The molecule has 120 valence electrons. The number of fused-ring (bicyclic) bond motifs is 1. The fraction of sp³-hybridized carbons (Fsp3) is 0.368. The van der Waals surface area contributed by atoms with Crippen molar-refractivity contribution in [3.8, 4) is 11.5 Å². The van der Waals surface area contributed by atoms with Crippen molar-refractivity contribution in [3.05, 3.63) is 59.7 Å². The van der Waals surface area contributed by atoms with Crippen molar-refractivity contribution in [3.63, 3.8) is 0 Å². The largest absolute Gasteiger partial charge is 0.486 e. The third-order valence-electron chi connectivity index (χ3n) is 4.33. The summed E-state index contributed by atoms with van der Waals surface area (Å²) >= 11 is 0. The van der Waals surface area contributed by atoms with Crippen LogP contribution in [-0.2, 0) is 11.3 Å². The second-order valence-corrected chi connectivity index (χ2v) is 5.98. The number of hydrogen-bond donors (Lipinski definition) is 0. The molecule has 0 N–H and O–H groups in total. The minimum atomic E-state index is 0.155. The molecule has 0 aromatic heterocycles. The molecule has 0 amide bonds. The van der Waals surface area contributed by atoms with E-state index < -0.39 is 0 Å². The van der Waals surface area contributed by atoms with Gasteiger partial charge in [-0.25, -0.2) is 0 Å². The highest BCUT2D eigenvalue weighted by atomic mass is 16.6. The van der Waals surface area contributed by atoms with Gasteiger partial charge in [-0.1, -0.05) is 36.4 Å². The standard InChI is InChI=1S/C19H21NO3/c1-2-4-16(5-3-1)19-14-20(8-9-21-19)13-15-6-7-17-18(12-15)23-11-10-22-17/h1-7,12,19H,8-11,13-14H2/t19-/m1/s1. The fourth-order valence-electron chi connectivity index (χ4n) is 3.16. The molecule has 0 aliphatic carbocycles. The average Bonchev–Trinajstić information content (AvgIpc) is 2.63. The summed E-state index contributed by atoms with van der Waals surface area (Å²) in [5.74, 6) is 1.71. The number of hydrogen-bond acceptors (Lipinski definition) is 4. The minimum Gasteiger partial charge on any atom is -0.486 e. The van der Waals surface area contributed by atoms with Crippen LogP contribution in [0.2, 0.25) is 0 Å². The van der Waals surface area contributed by atoms with Crippen molar-refractivity contribution < 1.29 is 14.2 Å². The molecule has 2 heterocycles. The van der Waals surface area contributed by atoms with Gasteiger partial charge in [-0.15, -0.1) is 0 Å². The molecular formula is C19H21NO3. The molecule has 23 heavy (non-hydrogen) atoms. The number of benzene rings is 2. The Balaban J connectivity index is 1.44. The quantitative estimate of drug-likeness (QED) is 0.872. The van der Waals surface area contributed by atoms with E-state index in [0.717, 1.165) is 37.7 Å². The Morgan fingerprint density at radius 3 is 2.61 bits per heavy atom. The van der Waals surface area contributed by atoms with Gasteiger partial charge in [-0.05, 0) is 23.3 Å². The number of ether oxygens (including phenoxy) is 3. The van der Waals surface area contributed by atoms with Crippen molar-refractivity contribution in [2.24, 2.45) is 0 Å². The summed E-state index contributed by atoms with van der Waals surface area (Å²) in [5, 5.41) is 0. The molecule has 0 bridgehead atoms. The van der Waals surface area contributed by atoms with E-state index >= 15 is 0 Å². The summed E-state index contributed by atoms with van der Waals surface area (Å²) < 4.78 is 17.2. The lowest BCUT2D eigenvalue weighted by Gasteiger charge is -2.33. The molecule has 1 saturated heterocycles. The van der Waals surface area contributed by atoms with Gasteiger partial charge in [-0.2, -0.15) is 0 Å². The first-order valence-electron chi connectivity index (χ1n) is 8.16. The number of rotatable bonds is 3. The Morgan fingerprint density at radius 2 is 1.74 bits per heavy atom. The van der Waals surface area contributed by atoms with Crippen LogP contribution in [0.25, 0.3) is 0 Å². The fourth-order valence-corrected chi connectivity index (χ4v) is 3.16. The Morgan fingerprint density at radius 1 is 0.913 bits per heavy atom. The van der Waals surface area contributed by atoms with E-state index in [1.807, 2.05) is 12.1 Å². The van der Waals surface area contributed by atoms with Crippen LogP contribution in [0, 0.1) is 0 Å². The van der Waals surface area contributed by atoms with Crippen LogP contribution in [-0.4, -0.2) is 37.8 Å². The molecule has 0 radical (unpaired) electrons. The van der Waals surface area contributed by atoms with Gasteiger partial charge in [0.2, 0.25) is 0 Å². The zero-order valence-electron chi connectivity index (χ0n) is 13.1. The van der Waals surface area contributed by atoms with Gasteiger partial charge in [-0.3, -0.25) is 4.90 Å². The first-order chi connectivity index (χ1) is 11.4. The lowest BCUT2D eigenvalue weighted by molar-refractivity contribution is -0.0329. The van der Waals surface area contributed by atoms with E-state index in [4.69, 9.17) is 14.2 Å². The molecular weight excluding hydrogens is 290 g/mol. The summed E-state index contributed by atoms with van der Waals surface area (Å²) in [6, 6.07) is 16.7. The number of morpholine rings is 1. The Labute approximate surface area is 136 Å². The lowest BCUT2D eigenvalue weighted by Crippen LogP contribution is -2.37. The molecule has 4 rings (SSSR count). The third-order valence-corrected chi connectivity index (χ3v) is 4.33. The Bertz CT molecular complexity index is 659. The number of nitrogens with zero attached hydrogens (tertiary/aromatic N) is 1. The van der Waals surface area contributed by atoms with Gasteiger partial charge in [0.05, 0.1) is 12.7 Å². The lowest BCUT2D eigenvalue weighted by atomic mass is 10.1. The normalized spacial score (nSPS) is 21.1. The van der Waals surface area contributed by atoms with Crippen molar-refractivity contribution >= 4 is 0 Å². The maximum atomic E-state index is 5.94. The Kier molecular flexibility index (Phi) is 4.18. The minimum absolute atomic E-state index is 0.155. The molecule has 0 saturated carbocycles. The molecule has 4 heteroatoms. The van der Waals surface area contributed by atoms with Crippen LogP contribution < -0.4 is 9.47 Å². The molecule has 2 aromatic rings. The van der Waals surface area contributed by atoms with Gasteiger partial charge in [0.15, 0.2) is 11.5 Å². The summed E-state index contributed by atoms with van der Waals surface area (Å²) in [7, 11) is 0. The highest BCUT2D eigenvalue weighted by Crippen LogP contribution is 2.31. The average molecular weight is 311 g/mol. The first-order valence-corrected chi connectivity index (χ1v) is 8.16. The topological polar surface area (TPSA) is 30.9 Å². The SMILES string of the molecule is c1ccc([C@H]2CN(Cc3ccc4c(c3)OCCO4)CCO2)cc1. The van der Waals surface area contributed by atoms with Crippen LogP contribution in [0.15, 0.2) is 48.5 Å². The van der Waals surface area contributed by atoms with Crippen LogP contribution in [0.4, 0.5) is 0 Å². The third kappa shape index (κ3) is 3.33. The highest BCUT2D eigenvalue weighted by Gasteiger charge is 2.22. The van der Waals surface area contributed by atoms with Crippen molar-refractivity contribution in [2.45, 2.75) is 12.6 Å². The second kappa shape index (κ2) is 6.60. The molecule has 1 atom stereocenters. The molecule has 0 unspecified atom stereocenters. The van der Waals surface area contributed by atoms with Crippen molar-refractivity contribution in [1.29, 1.82) is 0 Å². The Hall–Kier alpha value is -2.04. The highest BCUT2D eigenvalue weighted by molar-refractivity contribution is 5.43. The molecule has 0 spiro atoms. The maximum absolute atomic E-state index is 5.94. The predicted molar refractivity (Wildman–Crippen MR) is 87.8 cm³/mol. The molecule has 2 aliphatic heterocycles. The smallest absolute Gasteiger partial charge is 0.161 e. The molecule has 4 nitrogen and oxygen atoms in total. The first kappa shape index (κ1) is 14.5. The summed E-state index contributed by atoms with van der Waals surface area (Å²) in [6.45, 7) is 4.81. The van der Waals surface area contributed by atoms with Crippen molar-refractivity contribution in [1.82, 2.24) is 4.90 Å². The van der Waals surface area contributed by atoms with E-state index in [9.17, 15) is 0 Å². The predicted octanol–water partition coefficient (Wildman–Crippen LogP) is 3.03. The monoisotopic (exact) mass is 311 g/mol. The zero-order valence-corrected chi connectivity index (χ0v) is 13.1. The molecule has 1 fully saturated rings. The van der Waals surface area contributed by atoms with Crippen LogP contribution in [0.3, 0.4) is 0 Å². The van der Waals surface area contributed by atoms with Gasteiger partial charge in [0, 0.05) is 19.6 Å². The van der Waals surface area contributed by atoms with Gasteiger partial charge >= 0.3 is 0 Å². The van der Waals surface area contributed by atoms with Crippen LogP contribution in [0.1, 0.15) is 17.2 Å². The van der Waals surface area contributed by atoms with Gasteiger partial charge < -0.3 is 14.2 Å². The van der Waals surface area contributed by atoms with E-state index in [-0.39, 0.29) is 6.10 Å². The summed E-state index contributed by atoms with van der Waals surface area (Å²) in [5.41, 5.74) is 2.50. The van der Waals surface area contributed by atoms with Gasteiger partial charge in [0.25, 0.3) is 0 Å².